The number of carbonyl (C=O) groups excluding carboxylic acids is 1. The molecule has 5 heteroatoms. The van der Waals surface area contributed by atoms with Gasteiger partial charge < -0.3 is 16.0 Å². The average Bonchev–Trinajstić information content (AvgIpc) is 2.91. The Morgan fingerprint density at radius 2 is 2.04 bits per heavy atom. The molecule has 3 rings (SSSR count). The van der Waals surface area contributed by atoms with Crippen LogP contribution < -0.4 is 16.0 Å². The Balaban J connectivity index is 1.59. The minimum absolute atomic E-state index is 0.118. The summed E-state index contributed by atoms with van der Waals surface area (Å²) in [7, 11) is 0. The van der Waals surface area contributed by atoms with Crippen molar-refractivity contribution in [1.29, 1.82) is 0 Å². The normalized spacial score (nSPS) is 14.1. The first kappa shape index (κ1) is 17.0. The fraction of sp³-hybridized carbons (Fsp3) is 0.300. The summed E-state index contributed by atoms with van der Waals surface area (Å²) >= 11 is 0. The highest BCUT2D eigenvalue weighted by atomic mass is 16.2. The van der Waals surface area contributed by atoms with E-state index in [9.17, 15) is 4.79 Å². The second kappa shape index (κ2) is 7.38. The molecule has 0 saturated heterocycles. The number of hydrogen-bond acceptors (Lipinski definition) is 2. The van der Waals surface area contributed by atoms with Crippen LogP contribution in [0.3, 0.4) is 0 Å². The van der Waals surface area contributed by atoms with Crippen molar-refractivity contribution in [2.75, 3.05) is 23.3 Å². The van der Waals surface area contributed by atoms with E-state index in [1.807, 2.05) is 36.4 Å². The van der Waals surface area contributed by atoms with Crippen LogP contribution in [0.4, 0.5) is 11.4 Å². The maximum atomic E-state index is 12.1. The Labute approximate surface area is 148 Å². The van der Waals surface area contributed by atoms with Crippen LogP contribution in [0.2, 0.25) is 0 Å². The van der Waals surface area contributed by atoms with Gasteiger partial charge in [-0.15, -0.1) is 0 Å². The lowest BCUT2D eigenvalue weighted by Crippen LogP contribution is -2.31. The zero-order valence-corrected chi connectivity index (χ0v) is 14.7. The first-order valence-corrected chi connectivity index (χ1v) is 8.60. The van der Waals surface area contributed by atoms with Crippen LogP contribution in [-0.4, -0.2) is 25.0 Å². The van der Waals surface area contributed by atoms with Crippen LogP contribution in [0.25, 0.3) is 0 Å². The molecule has 0 bridgehead atoms. The van der Waals surface area contributed by atoms with Crippen LogP contribution in [0.15, 0.2) is 53.5 Å². The van der Waals surface area contributed by atoms with Gasteiger partial charge in [-0.05, 0) is 35.2 Å². The molecule has 0 radical (unpaired) electrons. The largest absolute Gasteiger partial charge is 0.370 e. The molecule has 130 valence electrons. The van der Waals surface area contributed by atoms with Crippen LogP contribution >= 0.6 is 0 Å². The van der Waals surface area contributed by atoms with E-state index in [1.165, 1.54) is 5.56 Å². The Morgan fingerprint density at radius 1 is 1.24 bits per heavy atom. The lowest BCUT2D eigenvalue weighted by atomic mass is 10.0. The van der Waals surface area contributed by atoms with Gasteiger partial charge in [-0.3, -0.25) is 9.79 Å². The molecule has 0 aliphatic carbocycles. The zero-order valence-electron chi connectivity index (χ0n) is 14.7. The molecule has 0 spiro atoms. The van der Waals surface area contributed by atoms with Crippen molar-refractivity contribution >= 4 is 23.2 Å². The number of fused-ring (bicyclic) bond motifs is 1. The van der Waals surface area contributed by atoms with E-state index in [0.717, 1.165) is 16.9 Å². The smallest absolute Gasteiger partial charge is 0.231 e. The fourth-order valence-electron chi connectivity index (χ4n) is 2.99. The van der Waals surface area contributed by atoms with Gasteiger partial charge >= 0.3 is 0 Å². The summed E-state index contributed by atoms with van der Waals surface area (Å²) in [5, 5.41) is 3.12. The topological polar surface area (TPSA) is 70.7 Å². The molecule has 0 atom stereocenters. The van der Waals surface area contributed by atoms with E-state index < -0.39 is 0 Å². The average molecular weight is 336 g/mol. The number of hydrogen-bond donors (Lipinski definition) is 2. The second-order valence-electron chi connectivity index (χ2n) is 6.52. The first-order chi connectivity index (χ1) is 12.0. The number of guanidine groups is 1. The Bertz CT molecular complexity index is 798. The third kappa shape index (κ3) is 3.99. The molecular formula is C20H24N4O. The third-order valence-electron chi connectivity index (χ3n) is 4.36. The standard InChI is InChI=1S/C20H24N4O/c1-14(2)15-7-5-8-17(12-15)23-20(21)22-10-11-24-18-9-4-3-6-16(18)13-19(24)25/h3-9,12,14H,10-11,13H2,1-2H3,(H3,21,22,23). The van der Waals surface area contributed by atoms with Crippen LogP contribution in [0, 0.1) is 0 Å². The maximum Gasteiger partial charge on any atom is 0.231 e. The summed E-state index contributed by atoms with van der Waals surface area (Å²) in [6.07, 6.45) is 0.468. The molecule has 0 saturated carbocycles. The summed E-state index contributed by atoms with van der Waals surface area (Å²) in [6.45, 7) is 5.30. The predicted molar refractivity (Wildman–Crippen MR) is 103 cm³/mol. The lowest BCUT2D eigenvalue weighted by Gasteiger charge is -2.16. The molecule has 3 N–H and O–H groups in total. The van der Waals surface area contributed by atoms with Gasteiger partial charge in [-0.1, -0.05) is 44.2 Å². The lowest BCUT2D eigenvalue weighted by molar-refractivity contribution is -0.117. The predicted octanol–water partition coefficient (Wildman–Crippen LogP) is 3.13. The monoisotopic (exact) mass is 336 g/mol. The van der Waals surface area contributed by atoms with Crippen molar-refractivity contribution in [2.45, 2.75) is 26.2 Å². The Hall–Kier alpha value is -2.82. The van der Waals surface area contributed by atoms with Crippen molar-refractivity contribution in [3.8, 4) is 0 Å². The van der Waals surface area contributed by atoms with Crippen molar-refractivity contribution in [1.82, 2.24) is 0 Å². The number of amides is 1. The van der Waals surface area contributed by atoms with Crippen molar-refractivity contribution in [3.05, 3.63) is 59.7 Å². The summed E-state index contributed by atoms with van der Waals surface area (Å²) in [5.41, 5.74) is 10.2. The molecule has 25 heavy (non-hydrogen) atoms. The minimum Gasteiger partial charge on any atom is -0.370 e. The van der Waals surface area contributed by atoms with E-state index in [2.05, 4.69) is 36.3 Å². The molecule has 1 amide bonds. The number of carbonyl (C=O) groups is 1. The molecule has 5 nitrogen and oxygen atoms in total. The number of rotatable bonds is 5. The number of aliphatic imine (C=N–C) groups is 1. The van der Waals surface area contributed by atoms with Gasteiger partial charge in [-0.25, -0.2) is 0 Å². The molecule has 2 aromatic rings. The molecule has 0 fully saturated rings. The van der Waals surface area contributed by atoms with Gasteiger partial charge in [-0.2, -0.15) is 0 Å². The molecule has 1 heterocycles. The minimum atomic E-state index is 0.118. The second-order valence-corrected chi connectivity index (χ2v) is 6.52. The first-order valence-electron chi connectivity index (χ1n) is 8.60. The van der Waals surface area contributed by atoms with Gasteiger partial charge in [0.15, 0.2) is 5.96 Å². The highest BCUT2D eigenvalue weighted by Gasteiger charge is 2.25. The summed E-state index contributed by atoms with van der Waals surface area (Å²) in [6, 6.07) is 16.0. The van der Waals surface area contributed by atoms with Crippen molar-refractivity contribution < 1.29 is 4.79 Å². The van der Waals surface area contributed by atoms with E-state index in [0.29, 0.717) is 31.4 Å². The van der Waals surface area contributed by atoms with Gasteiger partial charge in [0, 0.05) is 17.9 Å². The van der Waals surface area contributed by atoms with Gasteiger partial charge in [0.05, 0.1) is 13.0 Å². The highest BCUT2D eigenvalue weighted by molar-refractivity contribution is 6.01. The number of nitrogens with zero attached hydrogens (tertiary/aromatic N) is 2. The van der Waals surface area contributed by atoms with Crippen molar-refractivity contribution in [2.24, 2.45) is 10.7 Å². The van der Waals surface area contributed by atoms with Crippen LogP contribution in [-0.2, 0) is 11.2 Å². The molecule has 0 aromatic heterocycles. The van der Waals surface area contributed by atoms with Gasteiger partial charge in [0.25, 0.3) is 0 Å². The van der Waals surface area contributed by atoms with Gasteiger partial charge in [0.2, 0.25) is 5.91 Å². The van der Waals surface area contributed by atoms with Gasteiger partial charge in [0.1, 0.15) is 0 Å². The SMILES string of the molecule is CC(C)c1cccc(NC(N)=NCCN2C(=O)Cc3ccccc32)c1. The number of anilines is 2. The van der Waals surface area contributed by atoms with Crippen molar-refractivity contribution in [3.63, 3.8) is 0 Å². The van der Waals surface area contributed by atoms with Crippen LogP contribution in [0.1, 0.15) is 30.9 Å². The van der Waals surface area contributed by atoms with E-state index >= 15 is 0 Å². The molecule has 1 aliphatic rings. The molecule has 0 unspecified atom stereocenters. The highest BCUT2D eigenvalue weighted by Crippen LogP contribution is 2.27. The fourth-order valence-corrected chi connectivity index (χ4v) is 2.99. The van der Waals surface area contributed by atoms with E-state index in [1.54, 1.807) is 4.90 Å². The molecular weight excluding hydrogens is 312 g/mol. The summed E-state index contributed by atoms with van der Waals surface area (Å²) < 4.78 is 0. The number of nitrogens with two attached hydrogens (primary N) is 1. The number of para-hydroxylation sites is 1. The zero-order chi connectivity index (χ0) is 17.8. The Morgan fingerprint density at radius 3 is 2.84 bits per heavy atom. The maximum absolute atomic E-state index is 12.1. The van der Waals surface area contributed by atoms with Crippen LogP contribution in [0.5, 0.6) is 0 Å². The van der Waals surface area contributed by atoms with E-state index in [-0.39, 0.29) is 5.91 Å². The molecule has 1 aliphatic heterocycles. The molecule has 2 aromatic carbocycles. The summed E-state index contributed by atoms with van der Waals surface area (Å²) in [5.74, 6) is 0.939. The summed E-state index contributed by atoms with van der Waals surface area (Å²) in [4.78, 5) is 18.3. The number of nitrogens with one attached hydrogen (secondary N) is 1. The quantitative estimate of drug-likeness (QED) is 0.651. The number of benzene rings is 2. The Kier molecular flexibility index (Phi) is 5.03. The third-order valence-corrected chi connectivity index (χ3v) is 4.36. The van der Waals surface area contributed by atoms with E-state index in [4.69, 9.17) is 5.73 Å².